The highest BCUT2D eigenvalue weighted by molar-refractivity contribution is 5.96. The topological polar surface area (TPSA) is 26.3 Å². The number of rotatable bonds is 3. The van der Waals surface area contributed by atoms with E-state index in [9.17, 15) is 4.79 Å². The fourth-order valence-electron chi connectivity index (χ4n) is 4.48. The predicted octanol–water partition coefficient (Wildman–Crippen LogP) is 4.75. The van der Waals surface area contributed by atoms with Crippen LogP contribution in [0.2, 0.25) is 0 Å². The third-order valence-corrected chi connectivity index (χ3v) is 5.56. The summed E-state index contributed by atoms with van der Waals surface area (Å²) in [5.74, 6) is 0.0361. The normalized spacial score (nSPS) is 23.3. The number of cyclic esters (lactones) is 1. The van der Waals surface area contributed by atoms with Crippen molar-refractivity contribution >= 4 is 5.97 Å². The Labute approximate surface area is 147 Å². The van der Waals surface area contributed by atoms with Crippen molar-refractivity contribution in [1.82, 2.24) is 0 Å². The van der Waals surface area contributed by atoms with Gasteiger partial charge in [-0.15, -0.1) is 0 Å². The van der Waals surface area contributed by atoms with E-state index in [0.29, 0.717) is 5.56 Å². The molecule has 0 amide bonds. The Hall–Kier alpha value is -2.87. The van der Waals surface area contributed by atoms with Crippen LogP contribution in [0.5, 0.6) is 0 Å². The molecule has 0 unspecified atom stereocenters. The number of carbonyl (C=O) groups excluding carboxylic acids is 1. The van der Waals surface area contributed by atoms with Crippen molar-refractivity contribution in [2.24, 2.45) is 11.8 Å². The van der Waals surface area contributed by atoms with Crippen LogP contribution < -0.4 is 0 Å². The van der Waals surface area contributed by atoms with Gasteiger partial charge in [0.25, 0.3) is 0 Å². The van der Waals surface area contributed by atoms with Gasteiger partial charge in [-0.25, -0.2) is 4.79 Å². The van der Waals surface area contributed by atoms with Gasteiger partial charge >= 0.3 is 5.97 Å². The standard InChI is InChI=1S/C23H18O2/c24-22-20-15-7-14-19(16-8-1-2-9-16)21(20)23(25-22,17-10-3-4-11-17)18-12-5-6-13-18/h1-18H. The van der Waals surface area contributed by atoms with Gasteiger partial charge in [0.05, 0.1) is 5.56 Å². The van der Waals surface area contributed by atoms with Crippen LogP contribution in [0.25, 0.3) is 0 Å². The van der Waals surface area contributed by atoms with Gasteiger partial charge in [-0.05, 0) is 11.6 Å². The molecular formula is C23H18O2. The van der Waals surface area contributed by atoms with E-state index in [0.717, 1.165) is 11.1 Å². The summed E-state index contributed by atoms with van der Waals surface area (Å²) in [5, 5.41) is 0. The minimum Gasteiger partial charge on any atom is -0.449 e. The van der Waals surface area contributed by atoms with Crippen LogP contribution in [0, 0.1) is 11.8 Å². The maximum absolute atomic E-state index is 12.8. The van der Waals surface area contributed by atoms with Crippen molar-refractivity contribution in [2.75, 3.05) is 0 Å². The molecule has 1 aromatic rings. The van der Waals surface area contributed by atoms with Crippen LogP contribution in [0.15, 0.2) is 91.1 Å². The summed E-state index contributed by atoms with van der Waals surface area (Å²) in [6.45, 7) is 0. The summed E-state index contributed by atoms with van der Waals surface area (Å²) in [4.78, 5) is 12.8. The zero-order valence-electron chi connectivity index (χ0n) is 13.7. The van der Waals surface area contributed by atoms with E-state index in [1.165, 1.54) is 0 Å². The van der Waals surface area contributed by atoms with Gasteiger partial charge < -0.3 is 4.74 Å². The number of benzene rings is 1. The molecule has 0 saturated heterocycles. The van der Waals surface area contributed by atoms with E-state index >= 15 is 0 Å². The van der Waals surface area contributed by atoms with Gasteiger partial charge in [-0.3, -0.25) is 0 Å². The van der Waals surface area contributed by atoms with Crippen LogP contribution in [0.1, 0.15) is 27.4 Å². The summed E-state index contributed by atoms with van der Waals surface area (Å²) < 4.78 is 6.20. The van der Waals surface area contributed by atoms with E-state index in [2.05, 4.69) is 54.7 Å². The minimum absolute atomic E-state index is 0.0330. The van der Waals surface area contributed by atoms with Gasteiger partial charge in [0.1, 0.15) is 0 Å². The predicted molar refractivity (Wildman–Crippen MR) is 98.1 cm³/mol. The molecule has 2 nitrogen and oxygen atoms in total. The first-order chi connectivity index (χ1) is 12.3. The first-order valence-corrected chi connectivity index (χ1v) is 8.72. The highest BCUT2D eigenvalue weighted by Crippen LogP contribution is 2.53. The monoisotopic (exact) mass is 326 g/mol. The van der Waals surface area contributed by atoms with Crippen molar-refractivity contribution in [3.63, 3.8) is 0 Å². The molecule has 0 aromatic heterocycles. The van der Waals surface area contributed by atoms with Gasteiger partial charge in [0.15, 0.2) is 5.60 Å². The van der Waals surface area contributed by atoms with Crippen LogP contribution in [0.4, 0.5) is 0 Å². The Morgan fingerprint density at radius 1 is 0.760 bits per heavy atom. The molecular weight excluding hydrogens is 308 g/mol. The quantitative estimate of drug-likeness (QED) is 0.750. The van der Waals surface area contributed by atoms with Crippen molar-refractivity contribution in [3.05, 3.63) is 108 Å². The van der Waals surface area contributed by atoms with Crippen molar-refractivity contribution in [3.8, 4) is 0 Å². The number of esters is 1. The molecule has 4 aliphatic rings. The maximum Gasteiger partial charge on any atom is 0.339 e. The average molecular weight is 326 g/mol. The molecule has 1 heterocycles. The smallest absolute Gasteiger partial charge is 0.339 e. The number of fused-ring (bicyclic) bond motifs is 1. The highest BCUT2D eigenvalue weighted by Gasteiger charge is 2.55. The molecule has 5 rings (SSSR count). The summed E-state index contributed by atoms with van der Waals surface area (Å²) in [7, 11) is 0. The molecule has 25 heavy (non-hydrogen) atoms. The molecule has 3 aliphatic carbocycles. The molecule has 0 atom stereocenters. The van der Waals surface area contributed by atoms with Crippen molar-refractivity contribution < 1.29 is 9.53 Å². The molecule has 0 saturated carbocycles. The number of ether oxygens (including phenoxy) is 1. The molecule has 0 bridgehead atoms. The minimum atomic E-state index is -0.708. The lowest BCUT2D eigenvalue weighted by atomic mass is 9.70. The zero-order chi connectivity index (χ0) is 16.9. The molecule has 1 aromatic carbocycles. The number of carbonyl (C=O) groups is 1. The second-order valence-corrected chi connectivity index (χ2v) is 6.84. The first kappa shape index (κ1) is 14.5. The van der Waals surface area contributed by atoms with E-state index in [1.54, 1.807) is 0 Å². The Morgan fingerprint density at radius 2 is 1.32 bits per heavy atom. The van der Waals surface area contributed by atoms with Crippen LogP contribution >= 0.6 is 0 Å². The summed E-state index contributed by atoms with van der Waals surface area (Å²) in [6, 6.07) is 5.99. The Morgan fingerprint density at radius 3 is 1.92 bits per heavy atom. The Bertz CT molecular complexity index is 859. The Balaban J connectivity index is 1.79. The SMILES string of the molecule is O=C1OC(C2C=CC=C2)(C2C=CC=C2)c2c1cccc2C1C=CC=C1. The fraction of sp³-hybridized carbons (Fsp3) is 0.174. The fourth-order valence-corrected chi connectivity index (χ4v) is 4.48. The maximum atomic E-state index is 12.8. The number of hydrogen-bond acceptors (Lipinski definition) is 2. The van der Waals surface area contributed by atoms with E-state index in [-0.39, 0.29) is 23.7 Å². The molecule has 0 N–H and O–H groups in total. The second kappa shape index (κ2) is 5.32. The third-order valence-electron chi connectivity index (χ3n) is 5.56. The lowest BCUT2D eigenvalue weighted by Crippen LogP contribution is -2.40. The molecule has 2 heteroatoms. The summed E-state index contributed by atoms with van der Waals surface area (Å²) in [6.07, 6.45) is 25.2. The summed E-state index contributed by atoms with van der Waals surface area (Å²) >= 11 is 0. The Kier molecular flexibility index (Phi) is 3.08. The van der Waals surface area contributed by atoms with Gasteiger partial charge in [0, 0.05) is 23.3 Å². The average Bonchev–Trinajstić information content (AvgIpc) is 3.41. The summed E-state index contributed by atoms with van der Waals surface area (Å²) in [5.41, 5.74) is 2.20. The molecule has 122 valence electrons. The van der Waals surface area contributed by atoms with E-state index in [1.807, 2.05) is 36.4 Å². The molecule has 0 fully saturated rings. The number of hydrogen-bond donors (Lipinski definition) is 0. The van der Waals surface area contributed by atoms with Gasteiger partial charge in [0.2, 0.25) is 0 Å². The van der Waals surface area contributed by atoms with Crippen LogP contribution in [-0.2, 0) is 10.3 Å². The first-order valence-electron chi connectivity index (χ1n) is 8.72. The van der Waals surface area contributed by atoms with Gasteiger partial charge in [-0.2, -0.15) is 0 Å². The lowest BCUT2D eigenvalue weighted by Gasteiger charge is -2.38. The molecule has 0 radical (unpaired) electrons. The number of allylic oxidation sites excluding steroid dienone is 8. The van der Waals surface area contributed by atoms with Crippen molar-refractivity contribution in [2.45, 2.75) is 11.5 Å². The van der Waals surface area contributed by atoms with Gasteiger partial charge in [-0.1, -0.05) is 85.0 Å². The second-order valence-electron chi connectivity index (χ2n) is 6.84. The largest absolute Gasteiger partial charge is 0.449 e. The van der Waals surface area contributed by atoms with Crippen molar-refractivity contribution in [1.29, 1.82) is 0 Å². The van der Waals surface area contributed by atoms with Crippen LogP contribution in [0.3, 0.4) is 0 Å². The highest BCUT2D eigenvalue weighted by atomic mass is 16.6. The molecule has 1 aliphatic heterocycles. The lowest BCUT2D eigenvalue weighted by molar-refractivity contribution is -0.0369. The zero-order valence-corrected chi connectivity index (χ0v) is 13.7. The van der Waals surface area contributed by atoms with E-state index in [4.69, 9.17) is 4.74 Å². The van der Waals surface area contributed by atoms with Crippen LogP contribution in [-0.4, -0.2) is 5.97 Å². The van der Waals surface area contributed by atoms with E-state index < -0.39 is 5.60 Å². The molecule has 0 spiro atoms. The third kappa shape index (κ3) is 1.94.